The Morgan fingerprint density at radius 3 is 2.75 bits per heavy atom. The number of fused-ring (bicyclic) bond motifs is 1. The van der Waals surface area contributed by atoms with Crippen molar-refractivity contribution in [3.63, 3.8) is 0 Å². The minimum absolute atomic E-state index is 0.0945. The molecule has 0 atom stereocenters. The van der Waals surface area contributed by atoms with E-state index < -0.39 is 10.0 Å². The summed E-state index contributed by atoms with van der Waals surface area (Å²) in [5.74, 6) is 0.170. The van der Waals surface area contributed by atoms with E-state index in [1.165, 1.54) is 25.5 Å². The number of hydrogen-bond donors (Lipinski definition) is 2. The van der Waals surface area contributed by atoms with E-state index in [4.69, 9.17) is 17.0 Å². The van der Waals surface area contributed by atoms with Gasteiger partial charge in [-0.1, -0.05) is 24.4 Å². The van der Waals surface area contributed by atoms with Gasteiger partial charge >= 0.3 is 0 Å². The molecule has 1 aliphatic rings. The van der Waals surface area contributed by atoms with Crippen molar-refractivity contribution in [2.45, 2.75) is 0 Å². The lowest BCUT2D eigenvalue weighted by atomic mass is 10.2. The largest absolute Gasteiger partial charge is 0.505 e. The predicted molar refractivity (Wildman–Crippen MR) is 100 cm³/mol. The maximum atomic E-state index is 12.7. The van der Waals surface area contributed by atoms with Crippen molar-refractivity contribution in [1.29, 1.82) is 0 Å². The summed E-state index contributed by atoms with van der Waals surface area (Å²) in [6.45, 7) is 0. The van der Waals surface area contributed by atoms with Crippen LogP contribution in [0.5, 0.6) is 5.75 Å². The van der Waals surface area contributed by atoms with Gasteiger partial charge < -0.3 is 15.2 Å². The Morgan fingerprint density at radius 1 is 1.33 bits per heavy atom. The molecule has 0 fully saturated rings. The van der Waals surface area contributed by atoms with Gasteiger partial charge in [-0.2, -0.15) is 0 Å². The van der Waals surface area contributed by atoms with Crippen LogP contribution < -0.4 is 14.4 Å². The Morgan fingerprint density at radius 2 is 2.04 bits per heavy atom. The molecule has 0 aliphatic carbocycles. The molecule has 9 heteroatoms. The lowest BCUT2D eigenvalue weighted by molar-refractivity contribution is 0.417. The zero-order chi connectivity index (χ0) is 17.5. The average Bonchev–Trinajstić information content (AvgIpc) is 3.03. The average molecular weight is 382 g/mol. The minimum Gasteiger partial charge on any atom is -0.505 e. The maximum absolute atomic E-state index is 12.7. The summed E-state index contributed by atoms with van der Waals surface area (Å²) in [5.41, 5.74) is 0.946. The molecule has 0 saturated carbocycles. The Hall–Kier alpha value is -2.10. The van der Waals surface area contributed by atoms with E-state index >= 15 is 0 Å². The molecule has 1 aromatic heterocycles. The summed E-state index contributed by atoms with van der Waals surface area (Å²) in [6, 6.07) is 8.62. The number of anilines is 2. The van der Waals surface area contributed by atoms with Crippen LogP contribution in [0.1, 0.15) is 4.88 Å². The molecular weight excluding hydrogens is 368 g/mol. The molecule has 24 heavy (non-hydrogen) atoms. The van der Waals surface area contributed by atoms with Gasteiger partial charge in [0.1, 0.15) is 10.7 Å². The maximum Gasteiger partial charge on any atom is 0.270 e. The van der Waals surface area contributed by atoms with E-state index in [1.54, 1.807) is 35.7 Å². The van der Waals surface area contributed by atoms with E-state index in [2.05, 4.69) is 5.32 Å². The normalized spacial score (nSPS) is 15.8. The first-order chi connectivity index (χ1) is 11.4. The molecule has 0 bridgehead atoms. The Kier molecular flexibility index (Phi) is 4.24. The van der Waals surface area contributed by atoms with Crippen LogP contribution >= 0.6 is 23.6 Å². The predicted octanol–water partition coefficient (Wildman–Crippen LogP) is 3.20. The monoisotopic (exact) mass is 382 g/mol. The molecule has 2 N–H and O–H groups in total. The zero-order valence-electron chi connectivity index (χ0n) is 12.8. The Bertz CT molecular complexity index is 947. The number of nitrogens with zero attached hydrogens (tertiary/aromatic N) is 1. The van der Waals surface area contributed by atoms with Crippen molar-refractivity contribution in [2.75, 3.05) is 23.8 Å². The third-order valence-electron chi connectivity index (χ3n) is 3.59. The number of aliphatic hydroxyl groups is 1. The van der Waals surface area contributed by atoms with Gasteiger partial charge in [-0.25, -0.2) is 8.42 Å². The second-order valence-electron chi connectivity index (χ2n) is 4.94. The summed E-state index contributed by atoms with van der Waals surface area (Å²) in [4.78, 5) is 0.0512. The molecule has 1 aliphatic heterocycles. The number of para-hydroxylation sites is 2. The highest BCUT2D eigenvalue weighted by atomic mass is 32.2. The van der Waals surface area contributed by atoms with E-state index in [0.29, 0.717) is 22.0 Å². The SMILES string of the molecule is COc1ccccc1NC(=S)C1=C(O)c2sccc2N(C)S1(=O)=O. The van der Waals surface area contributed by atoms with Gasteiger partial charge in [-0.3, -0.25) is 4.31 Å². The number of thiophene rings is 1. The number of thiocarbonyl (C=S) groups is 1. The Balaban J connectivity index is 2.07. The van der Waals surface area contributed by atoms with Gasteiger partial charge in [-0.05, 0) is 23.6 Å². The van der Waals surface area contributed by atoms with Gasteiger partial charge in [0.25, 0.3) is 10.0 Å². The van der Waals surface area contributed by atoms with Crippen LogP contribution in [0.2, 0.25) is 0 Å². The van der Waals surface area contributed by atoms with Crippen LogP contribution in [-0.2, 0) is 10.0 Å². The first-order valence-electron chi connectivity index (χ1n) is 6.82. The fourth-order valence-corrected chi connectivity index (χ4v) is 5.21. The standard InChI is InChI=1S/C15H14N2O4S3/c1-17-10-7-8-23-13(10)12(18)14(24(17,19)20)15(22)16-9-5-3-4-6-11(9)21-2/h3-8,18H,1-2H3,(H,16,22). The number of sulfonamides is 1. The third kappa shape index (κ3) is 2.54. The van der Waals surface area contributed by atoms with Crippen LogP contribution in [0.3, 0.4) is 0 Å². The summed E-state index contributed by atoms with van der Waals surface area (Å²) >= 11 is 6.51. The smallest absolute Gasteiger partial charge is 0.270 e. The molecule has 0 saturated heterocycles. The van der Waals surface area contributed by atoms with Gasteiger partial charge in [0, 0.05) is 7.05 Å². The fraction of sp³-hybridized carbons (Fsp3) is 0.133. The quantitative estimate of drug-likeness (QED) is 0.794. The Labute approximate surface area is 149 Å². The van der Waals surface area contributed by atoms with E-state index in [9.17, 15) is 13.5 Å². The number of hydrogen-bond acceptors (Lipinski definition) is 6. The molecule has 2 heterocycles. The summed E-state index contributed by atoms with van der Waals surface area (Å²) in [7, 11) is -1.02. The zero-order valence-corrected chi connectivity index (χ0v) is 15.3. The molecule has 3 rings (SSSR count). The van der Waals surface area contributed by atoms with Crippen molar-refractivity contribution >= 4 is 55.7 Å². The number of ether oxygens (including phenoxy) is 1. The van der Waals surface area contributed by atoms with Gasteiger partial charge in [0.05, 0.1) is 23.4 Å². The number of rotatable bonds is 3. The van der Waals surface area contributed by atoms with Gasteiger partial charge in [0.15, 0.2) is 10.7 Å². The first kappa shape index (κ1) is 16.7. The molecular formula is C15H14N2O4S3. The van der Waals surface area contributed by atoms with Crippen molar-refractivity contribution < 1.29 is 18.3 Å². The molecule has 1 aromatic carbocycles. The van der Waals surface area contributed by atoms with Gasteiger partial charge in [-0.15, -0.1) is 11.3 Å². The lowest BCUT2D eigenvalue weighted by Crippen LogP contribution is -2.35. The number of nitrogens with one attached hydrogen (secondary N) is 1. The highest BCUT2D eigenvalue weighted by Crippen LogP contribution is 2.41. The van der Waals surface area contributed by atoms with Crippen molar-refractivity contribution in [1.82, 2.24) is 0 Å². The van der Waals surface area contributed by atoms with Crippen molar-refractivity contribution in [3.8, 4) is 5.75 Å². The van der Waals surface area contributed by atoms with Crippen LogP contribution in [0, 0.1) is 0 Å². The highest BCUT2D eigenvalue weighted by Gasteiger charge is 2.38. The van der Waals surface area contributed by atoms with E-state index in [0.717, 1.165) is 4.31 Å². The number of aliphatic hydroxyl groups excluding tert-OH is 1. The summed E-state index contributed by atoms with van der Waals surface area (Å²) < 4.78 is 31.8. The van der Waals surface area contributed by atoms with Crippen molar-refractivity contribution in [3.05, 3.63) is 45.5 Å². The topological polar surface area (TPSA) is 78.9 Å². The van der Waals surface area contributed by atoms with E-state index in [-0.39, 0.29) is 15.7 Å². The molecule has 0 spiro atoms. The molecule has 2 aromatic rings. The second kappa shape index (κ2) is 6.08. The molecule has 0 unspecified atom stereocenters. The summed E-state index contributed by atoms with van der Waals surface area (Å²) in [5, 5.41) is 15.0. The molecule has 126 valence electrons. The van der Waals surface area contributed by atoms with Crippen molar-refractivity contribution in [2.24, 2.45) is 0 Å². The molecule has 6 nitrogen and oxygen atoms in total. The number of methoxy groups -OCH3 is 1. The van der Waals surface area contributed by atoms with E-state index in [1.807, 2.05) is 0 Å². The van der Waals surface area contributed by atoms with Crippen LogP contribution in [0.4, 0.5) is 11.4 Å². The van der Waals surface area contributed by atoms with Crippen LogP contribution in [0.15, 0.2) is 40.6 Å². The summed E-state index contributed by atoms with van der Waals surface area (Å²) in [6.07, 6.45) is 0. The van der Waals surface area contributed by atoms with Gasteiger partial charge in [0.2, 0.25) is 0 Å². The highest BCUT2D eigenvalue weighted by molar-refractivity contribution is 7.99. The first-order valence-corrected chi connectivity index (χ1v) is 9.55. The molecule has 0 radical (unpaired) electrons. The fourth-order valence-electron chi connectivity index (χ4n) is 2.37. The third-order valence-corrected chi connectivity index (χ3v) is 6.77. The van der Waals surface area contributed by atoms with Crippen LogP contribution in [-0.4, -0.2) is 32.7 Å². The van der Waals surface area contributed by atoms with Crippen LogP contribution in [0.25, 0.3) is 5.76 Å². The second-order valence-corrected chi connectivity index (χ2v) is 8.17. The minimum atomic E-state index is -3.95. The lowest BCUT2D eigenvalue weighted by Gasteiger charge is -2.27. The number of benzene rings is 1. The molecule has 0 amide bonds.